The Morgan fingerprint density at radius 1 is 1.53 bits per heavy atom. The van der Waals surface area contributed by atoms with Crippen LogP contribution in [-0.2, 0) is 16.0 Å². The van der Waals surface area contributed by atoms with E-state index in [2.05, 4.69) is 5.32 Å². The van der Waals surface area contributed by atoms with Crippen molar-refractivity contribution in [3.63, 3.8) is 0 Å². The van der Waals surface area contributed by atoms with Gasteiger partial charge in [-0.3, -0.25) is 4.79 Å². The summed E-state index contributed by atoms with van der Waals surface area (Å²) in [6.07, 6.45) is -0.526. The Balaban J connectivity index is 2.34. The van der Waals surface area contributed by atoms with Crippen LogP contribution in [0.2, 0.25) is 0 Å². The molecule has 1 amide bonds. The highest BCUT2D eigenvalue weighted by Crippen LogP contribution is 2.11. The number of hydrogen-bond donors (Lipinski definition) is 3. The molecule has 0 heterocycles. The summed E-state index contributed by atoms with van der Waals surface area (Å²) >= 11 is 0. The Bertz CT molecular complexity index is 367. The largest absolute Gasteiger partial charge is 0.508 e. The Hall–Kier alpha value is -1.59. The summed E-state index contributed by atoms with van der Waals surface area (Å²) in [4.78, 5) is 11.5. The highest BCUT2D eigenvalue weighted by Gasteiger charge is 2.07. The zero-order valence-electron chi connectivity index (χ0n) is 9.72. The van der Waals surface area contributed by atoms with Crippen molar-refractivity contribution >= 4 is 5.91 Å². The molecule has 1 aromatic carbocycles. The van der Waals surface area contributed by atoms with Crippen LogP contribution < -0.4 is 5.32 Å². The van der Waals surface area contributed by atoms with Gasteiger partial charge in [0.05, 0.1) is 19.1 Å². The van der Waals surface area contributed by atoms with Gasteiger partial charge in [0.25, 0.3) is 0 Å². The van der Waals surface area contributed by atoms with Gasteiger partial charge in [-0.15, -0.1) is 0 Å². The average molecular weight is 239 g/mol. The van der Waals surface area contributed by atoms with Gasteiger partial charge in [0.15, 0.2) is 0 Å². The summed E-state index contributed by atoms with van der Waals surface area (Å²) < 4.78 is 4.74. The number of aliphatic hydroxyl groups is 1. The summed E-state index contributed by atoms with van der Waals surface area (Å²) in [5.74, 6) is -0.0690. The fourth-order valence-electron chi connectivity index (χ4n) is 1.40. The molecule has 0 fully saturated rings. The Morgan fingerprint density at radius 3 is 2.94 bits per heavy atom. The minimum Gasteiger partial charge on any atom is -0.508 e. The molecule has 0 aromatic heterocycles. The lowest BCUT2D eigenvalue weighted by Crippen LogP contribution is -2.35. The molecule has 0 aliphatic heterocycles. The number of ether oxygens (including phenoxy) is 1. The molecular formula is C12H17NO4. The molecule has 94 valence electrons. The van der Waals surface area contributed by atoms with Crippen LogP contribution in [0.5, 0.6) is 5.75 Å². The van der Waals surface area contributed by atoms with Crippen molar-refractivity contribution in [3.05, 3.63) is 29.8 Å². The fraction of sp³-hybridized carbons (Fsp3) is 0.417. The average Bonchev–Trinajstić information content (AvgIpc) is 2.27. The first-order valence-electron chi connectivity index (χ1n) is 5.33. The van der Waals surface area contributed by atoms with Crippen molar-refractivity contribution in [1.29, 1.82) is 0 Å². The molecular weight excluding hydrogens is 222 g/mol. The summed E-state index contributed by atoms with van der Waals surface area (Å²) in [6, 6.07) is 6.51. The van der Waals surface area contributed by atoms with Gasteiger partial charge in [-0.2, -0.15) is 0 Å². The normalized spacial score (nSPS) is 12.1. The standard InChI is InChI=1S/C12H17NO4/c1-17-8-11(15)7-13-12(16)6-9-3-2-4-10(14)5-9/h2-5,11,14-15H,6-8H2,1H3,(H,13,16). The lowest BCUT2D eigenvalue weighted by atomic mass is 10.1. The Labute approximate surface area is 100 Å². The number of hydrogen-bond acceptors (Lipinski definition) is 4. The van der Waals surface area contributed by atoms with E-state index in [4.69, 9.17) is 4.74 Å². The van der Waals surface area contributed by atoms with Crippen LogP contribution in [0.4, 0.5) is 0 Å². The zero-order valence-corrected chi connectivity index (χ0v) is 9.72. The van der Waals surface area contributed by atoms with Gasteiger partial charge in [0.2, 0.25) is 5.91 Å². The molecule has 3 N–H and O–H groups in total. The molecule has 1 aromatic rings. The number of aliphatic hydroxyl groups excluding tert-OH is 1. The second-order valence-corrected chi connectivity index (χ2v) is 3.76. The fourth-order valence-corrected chi connectivity index (χ4v) is 1.40. The maximum Gasteiger partial charge on any atom is 0.224 e. The predicted molar refractivity (Wildman–Crippen MR) is 62.7 cm³/mol. The smallest absolute Gasteiger partial charge is 0.224 e. The molecule has 0 spiro atoms. The topological polar surface area (TPSA) is 78.8 Å². The van der Waals surface area contributed by atoms with Crippen molar-refractivity contribution in [1.82, 2.24) is 5.32 Å². The molecule has 0 saturated carbocycles. The van der Waals surface area contributed by atoms with Gasteiger partial charge in [-0.05, 0) is 17.7 Å². The third-order valence-corrected chi connectivity index (χ3v) is 2.17. The number of nitrogens with one attached hydrogen (secondary N) is 1. The van der Waals surface area contributed by atoms with E-state index < -0.39 is 6.10 Å². The molecule has 1 rings (SSSR count). The van der Waals surface area contributed by atoms with Crippen molar-refractivity contribution in [3.8, 4) is 5.75 Å². The molecule has 0 radical (unpaired) electrons. The molecule has 0 aliphatic rings. The van der Waals surface area contributed by atoms with Crippen molar-refractivity contribution in [2.24, 2.45) is 0 Å². The molecule has 0 bridgehead atoms. The van der Waals surface area contributed by atoms with Gasteiger partial charge < -0.3 is 20.3 Å². The van der Waals surface area contributed by atoms with Crippen LogP contribution in [0.3, 0.4) is 0 Å². The maximum atomic E-state index is 11.5. The molecule has 5 nitrogen and oxygen atoms in total. The van der Waals surface area contributed by atoms with E-state index >= 15 is 0 Å². The number of methoxy groups -OCH3 is 1. The number of carbonyl (C=O) groups excluding carboxylic acids is 1. The monoisotopic (exact) mass is 239 g/mol. The SMILES string of the molecule is COCC(O)CNC(=O)Cc1cccc(O)c1. The first-order chi connectivity index (χ1) is 8.11. The molecule has 0 saturated heterocycles. The number of phenols is 1. The number of carbonyl (C=O) groups is 1. The predicted octanol–water partition coefficient (Wildman–Crippen LogP) is 0.0582. The van der Waals surface area contributed by atoms with Crippen LogP contribution >= 0.6 is 0 Å². The summed E-state index contributed by atoms with van der Waals surface area (Å²) in [5, 5.41) is 21.1. The van der Waals surface area contributed by atoms with Crippen molar-refractivity contribution in [2.45, 2.75) is 12.5 Å². The van der Waals surface area contributed by atoms with Crippen molar-refractivity contribution < 1.29 is 19.7 Å². The van der Waals surface area contributed by atoms with E-state index in [1.807, 2.05) is 0 Å². The van der Waals surface area contributed by atoms with Crippen LogP contribution in [0.1, 0.15) is 5.56 Å². The lowest BCUT2D eigenvalue weighted by Gasteiger charge is -2.10. The third kappa shape index (κ3) is 5.33. The number of amides is 1. The van der Waals surface area contributed by atoms with Crippen LogP contribution in [-0.4, -0.2) is 42.5 Å². The van der Waals surface area contributed by atoms with Gasteiger partial charge >= 0.3 is 0 Å². The first-order valence-corrected chi connectivity index (χ1v) is 5.33. The van der Waals surface area contributed by atoms with E-state index in [1.165, 1.54) is 13.2 Å². The van der Waals surface area contributed by atoms with Gasteiger partial charge in [0, 0.05) is 13.7 Å². The van der Waals surface area contributed by atoms with Gasteiger partial charge in [-0.1, -0.05) is 12.1 Å². The second kappa shape index (κ2) is 6.88. The van der Waals surface area contributed by atoms with Crippen LogP contribution in [0, 0.1) is 0 Å². The summed E-state index contributed by atoms with van der Waals surface area (Å²) in [6.45, 7) is 0.345. The summed E-state index contributed by atoms with van der Waals surface area (Å²) in [7, 11) is 1.48. The van der Waals surface area contributed by atoms with Gasteiger partial charge in [-0.25, -0.2) is 0 Å². The maximum absolute atomic E-state index is 11.5. The Kier molecular flexibility index (Phi) is 5.45. The molecule has 0 aliphatic carbocycles. The first kappa shape index (κ1) is 13.5. The number of benzene rings is 1. The minimum atomic E-state index is -0.701. The highest BCUT2D eigenvalue weighted by molar-refractivity contribution is 5.78. The van der Waals surface area contributed by atoms with E-state index in [9.17, 15) is 15.0 Å². The highest BCUT2D eigenvalue weighted by atomic mass is 16.5. The molecule has 5 heteroatoms. The van der Waals surface area contributed by atoms with Gasteiger partial charge in [0.1, 0.15) is 5.75 Å². The second-order valence-electron chi connectivity index (χ2n) is 3.76. The van der Waals surface area contributed by atoms with E-state index in [0.29, 0.717) is 0 Å². The zero-order chi connectivity index (χ0) is 12.7. The quantitative estimate of drug-likeness (QED) is 0.656. The summed E-state index contributed by atoms with van der Waals surface area (Å²) in [5.41, 5.74) is 0.726. The van der Waals surface area contributed by atoms with E-state index in [1.54, 1.807) is 18.2 Å². The molecule has 1 unspecified atom stereocenters. The number of phenolic OH excluding ortho intramolecular Hbond substituents is 1. The van der Waals surface area contributed by atoms with Crippen LogP contribution in [0.15, 0.2) is 24.3 Å². The third-order valence-electron chi connectivity index (χ3n) is 2.17. The number of aromatic hydroxyl groups is 1. The Morgan fingerprint density at radius 2 is 2.29 bits per heavy atom. The molecule has 1 atom stereocenters. The lowest BCUT2D eigenvalue weighted by molar-refractivity contribution is -0.121. The van der Waals surface area contributed by atoms with E-state index in [-0.39, 0.29) is 31.2 Å². The number of rotatable bonds is 6. The van der Waals surface area contributed by atoms with Crippen LogP contribution in [0.25, 0.3) is 0 Å². The molecule has 17 heavy (non-hydrogen) atoms. The minimum absolute atomic E-state index is 0.134. The van der Waals surface area contributed by atoms with E-state index in [0.717, 1.165) is 5.56 Å². The van der Waals surface area contributed by atoms with Crippen molar-refractivity contribution in [2.75, 3.05) is 20.3 Å².